The molecule has 6 heteroatoms. The highest BCUT2D eigenvalue weighted by Gasteiger charge is 2.31. The molecule has 0 bridgehead atoms. The molecule has 1 aliphatic carbocycles. The lowest BCUT2D eigenvalue weighted by Gasteiger charge is -2.31. The minimum atomic E-state index is -3.56. The highest BCUT2D eigenvalue weighted by atomic mass is 31.2. The quantitative estimate of drug-likeness (QED) is 0.640. The van der Waals surface area contributed by atoms with Crippen LogP contribution in [0.3, 0.4) is 0 Å². The van der Waals surface area contributed by atoms with Crippen molar-refractivity contribution in [1.82, 2.24) is 0 Å². The van der Waals surface area contributed by atoms with Crippen molar-refractivity contribution in [1.29, 1.82) is 0 Å². The molecule has 3 atom stereocenters. The summed E-state index contributed by atoms with van der Waals surface area (Å²) >= 11 is 0. The van der Waals surface area contributed by atoms with Crippen molar-refractivity contribution in [2.45, 2.75) is 59.0 Å². The summed E-state index contributed by atoms with van der Waals surface area (Å²) in [5.41, 5.74) is 0. The van der Waals surface area contributed by atoms with Gasteiger partial charge < -0.3 is 14.2 Å². The van der Waals surface area contributed by atoms with Crippen molar-refractivity contribution in [3.63, 3.8) is 0 Å². The monoisotopic (exact) mass is 348 g/mol. The predicted molar refractivity (Wildman–Crippen MR) is 91.6 cm³/mol. The summed E-state index contributed by atoms with van der Waals surface area (Å²) in [5.74, 6) is 1.60. The van der Waals surface area contributed by atoms with Crippen LogP contribution in [-0.4, -0.2) is 37.2 Å². The standard InChI is InChI=1S/C17H33O5P/c1-12(2)14-6-8-15(9-7-14)17(18)10-16(11-21-4)13(3)22-23(5,19)20/h12-16H,6-11H2,1-5H3,(H,19,20)/t13-,14?,15?,16-/m0/s1. The predicted octanol–water partition coefficient (Wildman–Crippen LogP) is 3.89. The van der Waals surface area contributed by atoms with Crippen LogP contribution in [0.2, 0.25) is 0 Å². The average Bonchev–Trinajstić information content (AvgIpc) is 2.45. The van der Waals surface area contributed by atoms with Gasteiger partial charge >= 0.3 is 7.60 Å². The number of ether oxygens (including phenoxy) is 1. The lowest BCUT2D eigenvalue weighted by atomic mass is 9.74. The average molecular weight is 348 g/mol. The number of carbonyl (C=O) groups is 1. The maximum Gasteiger partial charge on any atom is 0.325 e. The number of hydrogen-bond donors (Lipinski definition) is 1. The zero-order valence-corrected chi connectivity index (χ0v) is 16.1. The lowest BCUT2D eigenvalue weighted by molar-refractivity contribution is -0.126. The summed E-state index contributed by atoms with van der Waals surface area (Å²) in [5, 5.41) is 0. The molecule has 1 fully saturated rings. The SMILES string of the molecule is COC[C@H](CC(=O)C1CCC(C(C)C)CC1)[C@H](C)OP(C)(=O)O. The van der Waals surface area contributed by atoms with Gasteiger partial charge in [-0.2, -0.15) is 0 Å². The molecule has 1 N–H and O–H groups in total. The van der Waals surface area contributed by atoms with Gasteiger partial charge in [0.15, 0.2) is 0 Å². The topological polar surface area (TPSA) is 72.8 Å². The van der Waals surface area contributed by atoms with E-state index < -0.39 is 13.7 Å². The molecule has 0 saturated heterocycles. The van der Waals surface area contributed by atoms with E-state index in [0.717, 1.165) is 31.6 Å². The van der Waals surface area contributed by atoms with Crippen LogP contribution in [0.5, 0.6) is 0 Å². The van der Waals surface area contributed by atoms with Crippen molar-refractivity contribution in [2.75, 3.05) is 20.4 Å². The number of methoxy groups -OCH3 is 1. The van der Waals surface area contributed by atoms with Gasteiger partial charge in [0.2, 0.25) is 0 Å². The van der Waals surface area contributed by atoms with Crippen molar-refractivity contribution in [3.8, 4) is 0 Å². The van der Waals surface area contributed by atoms with Crippen LogP contribution in [0.25, 0.3) is 0 Å². The molecule has 0 aliphatic heterocycles. The molecule has 1 unspecified atom stereocenters. The van der Waals surface area contributed by atoms with Gasteiger partial charge in [-0.15, -0.1) is 0 Å². The van der Waals surface area contributed by atoms with E-state index in [4.69, 9.17) is 9.26 Å². The fraction of sp³-hybridized carbons (Fsp3) is 0.941. The number of ketones is 1. The first kappa shape index (κ1) is 20.8. The van der Waals surface area contributed by atoms with Crippen LogP contribution in [0.4, 0.5) is 0 Å². The van der Waals surface area contributed by atoms with E-state index in [1.807, 2.05) is 0 Å². The third-order valence-corrected chi connectivity index (χ3v) is 5.76. The molecule has 136 valence electrons. The summed E-state index contributed by atoms with van der Waals surface area (Å²) < 4.78 is 21.8. The molecule has 0 radical (unpaired) electrons. The molecule has 1 rings (SSSR count). The van der Waals surface area contributed by atoms with Crippen molar-refractivity contribution in [2.24, 2.45) is 23.7 Å². The summed E-state index contributed by atoms with van der Waals surface area (Å²) in [4.78, 5) is 22.0. The van der Waals surface area contributed by atoms with Crippen LogP contribution >= 0.6 is 7.60 Å². The van der Waals surface area contributed by atoms with Gasteiger partial charge in [0.25, 0.3) is 0 Å². The van der Waals surface area contributed by atoms with E-state index >= 15 is 0 Å². The van der Waals surface area contributed by atoms with E-state index in [1.165, 1.54) is 6.66 Å². The lowest BCUT2D eigenvalue weighted by Crippen LogP contribution is -2.31. The van der Waals surface area contributed by atoms with Gasteiger partial charge in [-0.1, -0.05) is 13.8 Å². The van der Waals surface area contributed by atoms with Crippen molar-refractivity contribution < 1.29 is 23.5 Å². The Kier molecular flexibility index (Phi) is 8.43. The second kappa shape index (κ2) is 9.31. The second-order valence-corrected chi connectivity index (χ2v) is 9.17. The Balaban J connectivity index is 2.56. The Morgan fingerprint density at radius 1 is 1.22 bits per heavy atom. The molecule has 1 saturated carbocycles. The van der Waals surface area contributed by atoms with Gasteiger partial charge in [0.1, 0.15) is 5.78 Å². The fourth-order valence-corrected chi connectivity index (χ4v) is 4.29. The molecule has 0 spiro atoms. The maximum atomic E-state index is 12.6. The van der Waals surface area contributed by atoms with E-state index in [0.29, 0.717) is 18.9 Å². The van der Waals surface area contributed by atoms with Crippen LogP contribution in [-0.2, 0) is 18.6 Å². The van der Waals surface area contributed by atoms with Crippen molar-refractivity contribution in [3.05, 3.63) is 0 Å². The highest BCUT2D eigenvalue weighted by Crippen LogP contribution is 2.41. The van der Waals surface area contributed by atoms with E-state index in [-0.39, 0.29) is 17.6 Å². The first-order chi connectivity index (χ1) is 10.6. The van der Waals surface area contributed by atoms with Crippen LogP contribution in [0.15, 0.2) is 0 Å². The number of carbonyl (C=O) groups excluding carboxylic acids is 1. The van der Waals surface area contributed by atoms with E-state index in [2.05, 4.69) is 13.8 Å². The van der Waals surface area contributed by atoms with Gasteiger partial charge in [-0.05, 0) is 44.4 Å². The number of rotatable bonds is 9. The molecule has 0 amide bonds. The Morgan fingerprint density at radius 2 is 1.78 bits per heavy atom. The Morgan fingerprint density at radius 3 is 2.22 bits per heavy atom. The Bertz CT molecular complexity index is 409. The smallest absolute Gasteiger partial charge is 0.325 e. The number of Topliss-reactive ketones (excluding diaryl/α,β-unsaturated/α-hetero) is 1. The number of hydrogen-bond acceptors (Lipinski definition) is 4. The Hall–Kier alpha value is -0.220. The summed E-state index contributed by atoms with van der Waals surface area (Å²) in [7, 11) is -1.99. The van der Waals surface area contributed by atoms with Crippen LogP contribution in [0.1, 0.15) is 52.9 Å². The van der Waals surface area contributed by atoms with Gasteiger partial charge in [0.05, 0.1) is 12.7 Å². The summed E-state index contributed by atoms with van der Waals surface area (Å²) in [6, 6.07) is 0. The molecule has 1 aliphatic rings. The molecular formula is C17H33O5P. The fourth-order valence-electron chi connectivity index (χ4n) is 3.50. The third kappa shape index (κ3) is 7.47. The zero-order valence-electron chi connectivity index (χ0n) is 15.2. The summed E-state index contributed by atoms with van der Waals surface area (Å²) in [6.45, 7) is 7.76. The summed E-state index contributed by atoms with van der Waals surface area (Å²) in [6.07, 6.45) is 4.04. The second-order valence-electron chi connectivity index (χ2n) is 7.36. The van der Waals surface area contributed by atoms with Gasteiger partial charge in [0, 0.05) is 32.0 Å². The molecule has 5 nitrogen and oxygen atoms in total. The molecular weight excluding hydrogens is 315 g/mol. The minimum absolute atomic E-state index is 0.124. The van der Waals surface area contributed by atoms with E-state index in [1.54, 1.807) is 14.0 Å². The maximum absolute atomic E-state index is 12.6. The van der Waals surface area contributed by atoms with Crippen molar-refractivity contribution >= 4 is 13.4 Å². The van der Waals surface area contributed by atoms with Crippen LogP contribution < -0.4 is 0 Å². The van der Waals surface area contributed by atoms with Gasteiger partial charge in [-0.3, -0.25) is 9.36 Å². The van der Waals surface area contributed by atoms with Gasteiger partial charge in [-0.25, -0.2) is 0 Å². The first-order valence-electron chi connectivity index (χ1n) is 8.64. The molecule has 0 heterocycles. The highest BCUT2D eigenvalue weighted by molar-refractivity contribution is 7.51. The molecule has 0 aromatic carbocycles. The normalized spacial score (nSPS) is 27.4. The Labute approximate surface area is 140 Å². The van der Waals surface area contributed by atoms with Crippen LogP contribution in [0, 0.1) is 23.7 Å². The minimum Gasteiger partial charge on any atom is -0.384 e. The first-order valence-corrected chi connectivity index (χ1v) is 10.7. The third-order valence-electron chi connectivity index (χ3n) is 5.04. The largest absolute Gasteiger partial charge is 0.384 e. The molecule has 0 aromatic rings. The van der Waals surface area contributed by atoms with E-state index in [9.17, 15) is 14.3 Å². The molecule has 0 aromatic heterocycles. The molecule has 23 heavy (non-hydrogen) atoms. The zero-order chi connectivity index (χ0) is 17.6.